The number of allylic oxidation sites excluding steroid dienone is 1. The summed E-state index contributed by atoms with van der Waals surface area (Å²) in [6, 6.07) is 12.4. The van der Waals surface area contributed by atoms with Gasteiger partial charge in [0, 0.05) is 35.9 Å². The van der Waals surface area contributed by atoms with Crippen LogP contribution >= 0.6 is 0 Å². The van der Waals surface area contributed by atoms with Crippen LogP contribution in [0.2, 0.25) is 0 Å². The maximum atomic E-state index is 11.8. The van der Waals surface area contributed by atoms with Crippen LogP contribution in [0.5, 0.6) is 0 Å². The monoisotopic (exact) mass is 417 g/mol. The van der Waals surface area contributed by atoms with Crippen molar-refractivity contribution in [3.05, 3.63) is 88.4 Å². The zero-order valence-corrected chi connectivity index (χ0v) is 18.3. The molecule has 1 saturated heterocycles. The highest BCUT2D eigenvalue weighted by Gasteiger charge is 2.17. The van der Waals surface area contributed by atoms with Crippen LogP contribution in [0.15, 0.2) is 65.9 Å². The third kappa shape index (κ3) is 4.97. The highest BCUT2D eigenvalue weighted by Crippen LogP contribution is 2.28. The van der Waals surface area contributed by atoms with Gasteiger partial charge in [-0.15, -0.1) is 0 Å². The second-order valence-electron chi connectivity index (χ2n) is 8.11. The smallest absolute Gasteiger partial charge is 0.248 e. The van der Waals surface area contributed by atoms with Gasteiger partial charge in [-0.05, 0) is 69.0 Å². The Bertz CT molecular complexity index is 1070. The molecule has 0 amide bonds. The minimum Gasteiger partial charge on any atom is -0.375 e. The Kier molecular flexibility index (Phi) is 6.67. The van der Waals surface area contributed by atoms with E-state index >= 15 is 0 Å². The molecule has 1 fully saturated rings. The fourth-order valence-corrected chi connectivity index (χ4v) is 4.31. The number of benzene rings is 1. The highest BCUT2D eigenvalue weighted by molar-refractivity contribution is 5.66. The van der Waals surface area contributed by atoms with Gasteiger partial charge in [0.15, 0.2) is 0 Å². The molecular weight excluding hydrogens is 386 g/mol. The number of imidazole rings is 1. The molecule has 0 saturated carbocycles. The van der Waals surface area contributed by atoms with Gasteiger partial charge < -0.3 is 20.2 Å². The van der Waals surface area contributed by atoms with E-state index in [1.54, 1.807) is 12.3 Å². The van der Waals surface area contributed by atoms with Gasteiger partial charge >= 0.3 is 0 Å². The lowest BCUT2D eigenvalue weighted by atomic mass is 9.90. The predicted octanol–water partition coefficient (Wildman–Crippen LogP) is 4.51. The van der Waals surface area contributed by atoms with Crippen LogP contribution in [0.3, 0.4) is 0 Å². The first kappa shape index (κ1) is 21.1. The summed E-state index contributed by atoms with van der Waals surface area (Å²) in [5, 5.41) is 7.01. The normalized spacial score (nSPS) is 16.3. The van der Waals surface area contributed by atoms with Crippen molar-refractivity contribution in [2.45, 2.75) is 45.1 Å². The fraction of sp³-hybridized carbons (Fsp3) is 0.360. The summed E-state index contributed by atoms with van der Waals surface area (Å²) in [7, 11) is 0. The Morgan fingerprint density at radius 1 is 1.26 bits per heavy atom. The molecular formula is C25H31N5O. The van der Waals surface area contributed by atoms with E-state index in [9.17, 15) is 4.79 Å². The van der Waals surface area contributed by atoms with Gasteiger partial charge in [-0.2, -0.15) is 0 Å². The summed E-state index contributed by atoms with van der Waals surface area (Å²) < 4.78 is 2.07. The molecule has 0 radical (unpaired) electrons. The number of nitrogens with zero attached hydrogens (tertiary/aromatic N) is 2. The van der Waals surface area contributed by atoms with Gasteiger partial charge in [-0.1, -0.05) is 25.1 Å². The lowest BCUT2D eigenvalue weighted by Gasteiger charge is -2.23. The van der Waals surface area contributed by atoms with Crippen LogP contribution < -0.4 is 16.2 Å². The third-order valence-corrected chi connectivity index (χ3v) is 5.89. The zero-order chi connectivity index (χ0) is 21.6. The highest BCUT2D eigenvalue weighted by atomic mass is 16.1. The largest absolute Gasteiger partial charge is 0.375 e. The maximum absolute atomic E-state index is 11.8. The Morgan fingerprint density at radius 3 is 2.74 bits per heavy atom. The van der Waals surface area contributed by atoms with Gasteiger partial charge in [-0.3, -0.25) is 4.79 Å². The van der Waals surface area contributed by atoms with Crippen molar-refractivity contribution in [3.8, 4) is 0 Å². The van der Waals surface area contributed by atoms with Crippen molar-refractivity contribution in [2.75, 3.05) is 18.4 Å². The summed E-state index contributed by atoms with van der Waals surface area (Å²) in [4.78, 5) is 19.2. The van der Waals surface area contributed by atoms with Crippen molar-refractivity contribution in [3.63, 3.8) is 0 Å². The third-order valence-electron chi connectivity index (χ3n) is 5.89. The van der Waals surface area contributed by atoms with Crippen LogP contribution in [0.1, 0.15) is 62.0 Å². The molecule has 0 spiro atoms. The van der Waals surface area contributed by atoms with E-state index in [1.165, 1.54) is 18.4 Å². The van der Waals surface area contributed by atoms with Crippen LogP contribution in [0, 0.1) is 0 Å². The topological polar surface area (TPSA) is 74.7 Å². The lowest BCUT2D eigenvalue weighted by molar-refractivity contribution is 0.460. The average Bonchev–Trinajstić information content (AvgIpc) is 3.28. The minimum atomic E-state index is -0.110. The molecule has 1 aromatic carbocycles. The van der Waals surface area contributed by atoms with E-state index in [4.69, 9.17) is 0 Å². The Labute approximate surface area is 183 Å². The number of anilines is 1. The van der Waals surface area contributed by atoms with E-state index in [0.29, 0.717) is 5.92 Å². The summed E-state index contributed by atoms with van der Waals surface area (Å²) in [5.41, 5.74) is 4.24. The van der Waals surface area contributed by atoms with Gasteiger partial charge in [0.2, 0.25) is 5.56 Å². The van der Waals surface area contributed by atoms with Gasteiger partial charge in [0.05, 0.1) is 11.7 Å². The number of hydrogen-bond acceptors (Lipinski definition) is 4. The number of aromatic amines is 1. The molecule has 2 aromatic heterocycles. The Hall–Kier alpha value is -3.12. The summed E-state index contributed by atoms with van der Waals surface area (Å²) in [6.45, 7) is 6.41. The molecule has 6 nitrogen and oxygen atoms in total. The standard InChI is InChI=1S/C25H31N5O/c1-3-4-23(21-11-14-27-24(31)17-21)30-16-15-28-25(30)18(2)29-22-7-5-19(6-8-22)20-9-12-26-13-10-20/h4-8,11,14-18,20,26,29H,3,9-10,12-13H2,1-2H3,(H,27,31)/b23-4-. The number of hydrogen-bond donors (Lipinski definition) is 3. The predicted molar refractivity (Wildman–Crippen MR) is 126 cm³/mol. The van der Waals surface area contributed by atoms with Crippen LogP contribution in [0.4, 0.5) is 5.69 Å². The molecule has 0 bridgehead atoms. The molecule has 1 aliphatic rings. The SMILES string of the molecule is CC/C=C(/c1cc[nH]c(=O)c1)n1ccnc1C(C)Nc1ccc(C2CCNCC2)cc1. The van der Waals surface area contributed by atoms with Crippen molar-refractivity contribution < 1.29 is 0 Å². The van der Waals surface area contributed by atoms with Gasteiger partial charge in [-0.25, -0.2) is 4.98 Å². The minimum absolute atomic E-state index is 0.00184. The van der Waals surface area contributed by atoms with Crippen molar-refractivity contribution >= 4 is 11.4 Å². The average molecular weight is 418 g/mol. The number of pyridine rings is 1. The number of rotatable bonds is 7. The van der Waals surface area contributed by atoms with E-state index in [0.717, 1.165) is 42.3 Å². The zero-order valence-electron chi connectivity index (χ0n) is 18.3. The molecule has 1 atom stereocenters. The van der Waals surface area contributed by atoms with Crippen molar-refractivity contribution in [2.24, 2.45) is 0 Å². The van der Waals surface area contributed by atoms with Crippen LogP contribution in [-0.2, 0) is 0 Å². The molecule has 0 aliphatic carbocycles. The molecule has 1 aliphatic heterocycles. The molecule has 162 valence electrons. The van der Waals surface area contributed by atoms with E-state index in [-0.39, 0.29) is 11.6 Å². The quantitative estimate of drug-likeness (QED) is 0.529. The first-order chi connectivity index (χ1) is 15.2. The summed E-state index contributed by atoms with van der Waals surface area (Å²) in [5.74, 6) is 1.56. The molecule has 1 unspecified atom stereocenters. The molecule has 3 N–H and O–H groups in total. The lowest BCUT2D eigenvalue weighted by Crippen LogP contribution is -2.26. The fourth-order valence-electron chi connectivity index (χ4n) is 4.31. The van der Waals surface area contributed by atoms with Gasteiger partial charge in [0.25, 0.3) is 0 Å². The van der Waals surface area contributed by atoms with Crippen molar-refractivity contribution in [1.82, 2.24) is 19.9 Å². The van der Waals surface area contributed by atoms with Gasteiger partial charge in [0.1, 0.15) is 5.82 Å². The first-order valence-corrected chi connectivity index (χ1v) is 11.2. The van der Waals surface area contributed by atoms with E-state index in [2.05, 4.69) is 69.4 Å². The first-order valence-electron chi connectivity index (χ1n) is 11.2. The molecule has 4 rings (SSSR count). The molecule has 3 heterocycles. The Balaban J connectivity index is 1.53. The maximum Gasteiger partial charge on any atom is 0.248 e. The summed E-state index contributed by atoms with van der Waals surface area (Å²) in [6.07, 6.45) is 10.8. The second-order valence-corrected chi connectivity index (χ2v) is 8.11. The van der Waals surface area contributed by atoms with Crippen LogP contribution in [-0.4, -0.2) is 27.6 Å². The number of piperidine rings is 1. The molecule has 3 aromatic rings. The van der Waals surface area contributed by atoms with E-state index < -0.39 is 0 Å². The summed E-state index contributed by atoms with van der Waals surface area (Å²) >= 11 is 0. The number of aromatic nitrogens is 3. The molecule has 31 heavy (non-hydrogen) atoms. The van der Waals surface area contributed by atoms with Crippen molar-refractivity contribution in [1.29, 1.82) is 0 Å². The van der Waals surface area contributed by atoms with E-state index in [1.807, 2.05) is 18.5 Å². The number of nitrogens with one attached hydrogen (secondary N) is 3. The molecule has 6 heteroatoms. The number of H-pyrrole nitrogens is 1. The van der Waals surface area contributed by atoms with Crippen LogP contribution in [0.25, 0.3) is 5.70 Å². The Morgan fingerprint density at radius 2 is 2.03 bits per heavy atom. The second kappa shape index (κ2) is 9.79.